The van der Waals surface area contributed by atoms with E-state index in [1.54, 1.807) is 6.92 Å². The fourth-order valence-corrected chi connectivity index (χ4v) is 1.85. The average Bonchev–Trinajstić information content (AvgIpc) is 2.32. The van der Waals surface area contributed by atoms with E-state index < -0.39 is 29.4 Å². The molecule has 0 fully saturated rings. The van der Waals surface area contributed by atoms with E-state index in [-0.39, 0.29) is 11.4 Å². The van der Waals surface area contributed by atoms with Crippen LogP contribution in [0, 0.1) is 0 Å². The molecule has 7 heteroatoms. The molecule has 1 aromatic heterocycles. The van der Waals surface area contributed by atoms with E-state index >= 15 is 0 Å². The van der Waals surface area contributed by atoms with Gasteiger partial charge >= 0.3 is 5.97 Å². The predicted octanol–water partition coefficient (Wildman–Crippen LogP) is 0.805. The van der Waals surface area contributed by atoms with Gasteiger partial charge in [0.1, 0.15) is 5.82 Å². The molecule has 1 unspecified atom stereocenters. The molecule has 0 radical (unpaired) electrons. The lowest BCUT2D eigenvalue weighted by molar-refractivity contribution is -0.146. The summed E-state index contributed by atoms with van der Waals surface area (Å²) < 4.78 is 15.6. The van der Waals surface area contributed by atoms with Crippen LogP contribution in [0.2, 0.25) is 0 Å². The van der Waals surface area contributed by atoms with Crippen molar-refractivity contribution in [2.24, 2.45) is 4.99 Å². The van der Waals surface area contributed by atoms with Gasteiger partial charge in [0.15, 0.2) is 5.43 Å². The molecule has 1 aliphatic heterocycles. The van der Waals surface area contributed by atoms with Gasteiger partial charge < -0.3 is 14.8 Å². The van der Waals surface area contributed by atoms with Gasteiger partial charge in [-0.1, -0.05) is 0 Å². The summed E-state index contributed by atoms with van der Waals surface area (Å²) in [6, 6.07) is 1.22. The fraction of sp³-hybridized carbons (Fsp3) is 0.364. The normalized spacial score (nSPS) is 22.2. The van der Waals surface area contributed by atoms with E-state index in [1.807, 2.05) is 0 Å². The van der Waals surface area contributed by atoms with Crippen LogP contribution in [0.3, 0.4) is 0 Å². The molecule has 1 aliphatic rings. The van der Waals surface area contributed by atoms with Gasteiger partial charge in [0.2, 0.25) is 5.90 Å². The van der Waals surface area contributed by atoms with E-state index in [9.17, 15) is 19.1 Å². The summed E-state index contributed by atoms with van der Waals surface area (Å²) in [6.07, 6.45) is 0.747. The summed E-state index contributed by atoms with van der Waals surface area (Å²) in [5.41, 5.74) is -3.56. The highest BCUT2D eigenvalue weighted by atomic mass is 19.1. The molecule has 2 rings (SSSR count). The SMILES string of the molecule is CCn1ccc(=O)c2c1N=C(O)C(F)(C(=O)O)C2. The first-order valence-corrected chi connectivity index (χ1v) is 5.33. The molecule has 0 saturated carbocycles. The lowest BCUT2D eigenvalue weighted by Crippen LogP contribution is -2.47. The van der Waals surface area contributed by atoms with E-state index in [2.05, 4.69) is 4.99 Å². The quantitative estimate of drug-likeness (QED) is 0.816. The number of pyridine rings is 1. The summed E-state index contributed by atoms with van der Waals surface area (Å²) >= 11 is 0. The number of fused-ring (bicyclic) bond motifs is 1. The van der Waals surface area contributed by atoms with Crippen LogP contribution in [-0.4, -0.2) is 32.3 Å². The third-order valence-corrected chi connectivity index (χ3v) is 2.91. The van der Waals surface area contributed by atoms with E-state index in [0.717, 1.165) is 0 Å². The molecular formula is C11H11FN2O4. The first-order chi connectivity index (χ1) is 8.40. The largest absolute Gasteiger partial charge is 0.494 e. The first-order valence-electron chi connectivity index (χ1n) is 5.33. The number of hydrogen-bond acceptors (Lipinski definition) is 3. The van der Waals surface area contributed by atoms with Crippen molar-refractivity contribution in [1.82, 2.24) is 4.57 Å². The Morgan fingerprint density at radius 2 is 2.33 bits per heavy atom. The van der Waals surface area contributed by atoms with Crippen molar-refractivity contribution < 1.29 is 19.4 Å². The maximum Gasteiger partial charge on any atom is 0.351 e. The Balaban J connectivity index is 2.70. The summed E-state index contributed by atoms with van der Waals surface area (Å²) in [5, 5.41) is 18.2. The van der Waals surface area contributed by atoms with Gasteiger partial charge in [-0.15, -0.1) is 0 Å². The molecule has 96 valence electrons. The van der Waals surface area contributed by atoms with E-state index in [1.165, 1.54) is 16.8 Å². The highest BCUT2D eigenvalue weighted by Gasteiger charge is 2.49. The molecule has 0 bridgehead atoms. The van der Waals surface area contributed by atoms with Crippen LogP contribution in [0.15, 0.2) is 22.1 Å². The Bertz CT molecular complexity index is 608. The van der Waals surface area contributed by atoms with E-state index in [4.69, 9.17) is 5.11 Å². The molecule has 1 atom stereocenters. The summed E-state index contributed by atoms with van der Waals surface area (Å²) in [4.78, 5) is 26.0. The Morgan fingerprint density at radius 3 is 2.89 bits per heavy atom. The van der Waals surface area contributed by atoms with Crippen molar-refractivity contribution in [3.05, 3.63) is 28.0 Å². The number of carboxylic acid groups (broad SMARTS) is 1. The lowest BCUT2D eigenvalue weighted by Gasteiger charge is -2.25. The predicted molar refractivity (Wildman–Crippen MR) is 61.3 cm³/mol. The number of hydrogen-bond donors (Lipinski definition) is 2. The van der Waals surface area contributed by atoms with Crippen LogP contribution in [0.1, 0.15) is 12.5 Å². The standard InChI is InChI=1S/C11H11FN2O4/c1-2-14-4-3-7(15)6-5-11(12,10(17)18)9(16)13-8(6)14/h3-4H,2,5H2,1H3,(H,13,16)(H,17,18). The minimum Gasteiger partial charge on any atom is -0.494 e. The maximum absolute atomic E-state index is 14.1. The second-order valence-electron chi connectivity index (χ2n) is 3.99. The first kappa shape index (κ1) is 12.3. The number of alkyl halides is 1. The molecule has 0 aromatic carbocycles. The topological polar surface area (TPSA) is 91.9 Å². The number of nitrogens with zero attached hydrogens (tertiary/aromatic N) is 2. The Labute approximate surface area is 101 Å². The number of halogens is 1. The van der Waals surface area contributed by atoms with Crippen molar-refractivity contribution in [2.75, 3.05) is 0 Å². The zero-order valence-corrected chi connectivity index (χ0v) is 9.55. The number of aliphatic hydroxyl groups excluding tert-OH is 1. The van der Waals surface area contributed by atoms with Crippen molar-refractivity contribution in [2.45, 2.75) is 25.6 Å². The number of carbonyl (C=O) groups is 1. The third-order valence-electron chi connectivity index (χ3n) is 2.91. The second-order valence-corrected chi connectivity index (χ2v) is 3.99. The highest BCUT2D eigenvalue weighted by molar-refractivity contribution is 6.06. The molecule has 2 heterocycles. The third kappa shape index (κ3) is 1.59. The summed E-state index contributed by atoms with van der Waals surface area (Å²) in [5.74, 6) is -2.88. The molecular weight excluding hydrogens is 243 g/mol. The van der Waals surface area contributed by atoms with Crippen LogP contribution in [0.25, 0.3) is 0 Å². The summed E-state index contributed by atoms with van der Waals surface area (Å²) in [7, 11) is 0. The minimum absolute atomic E-state index is 0.0398. The van der Waals surface area contributed by atoms with Gasteiger partial charge in [-0.05, 0) is 6.92 Å². The van der Waals surface area contributed by atoms with Crippen molar-refractivity contribution in [1.29, 1.82) is 0 Å². The number of aliphatic imine (C=N–C) groups is 1. The van der Waals surface area contributed by atoms with Crippen LogP contribution < -0.4 is 5.43 Å². The van der Waals surface area contributed by atoms with Gasteiger partial charge in [0.05, 0.1) is 0 Å². The smallest absolute Gasteiger partial charge is 0.351 e. The molecule has 1 aromatic rings. The monoisotopic (exact) mass is 254 g/mol. The Hall–Kier alpha value is -2.18. The van der Waals surface area contributed by atoms with Crippen molar-refractivity contribution in [3.63, 3.8) is 0 Å². The number of carboxylic acids is 1. The van der Waals surface area contributed by atoms with Gasteiger partial charge in [-0.3, -0.25) is 4.79 Å². The van der Waals surface area contributed by atoms with Gasteiger partial charge in [-0.2, -0.15) is 4.99 Å². The number of aromatic nitrogens is 1. The Kier molecular flexibility index (Phi) is 2.68. The average molecular weight is 254 g/mol. The molecule has 0 spiro atoms. The zero-order valence-electron chi connectivity index (χ0n) is 9.55. The molecule has 6 nitrogen and oxygen atoms in total. The zero-order chi connectivity index (χ0) is 13.5. The van der Waals surface area contributed by atoms with Crippen LogP contribution >= 0.6 is 0 Å². The molecule has 0 saturated heterocycles. The second kappa shape index (κ2) is 3.94. The van der Waals surface area contributed by atoms with E-state index in [0.29, 0.717) is 6.54 Å². The van der Waals surface area contributed by atoms with Crippen LogP contribution in [0.5, 0.6) is 0 Å². The fourth-order valence-electron chi connectivity index (χ4n) is 1.85. The Morgan fingerprint density at radius 1 is 1.67 bits per heavy atom. The number of aryl methyl sites for hydroxylation is 1. The molecule has 0 amide bonds. The lowest BCUT2D eigenvalue weighted by atomic mass is 9.93. The highest BCUT2D eigenvalue weighted by Crippen LogP contribution is 2.30. The minimum atomic E-state index is -3.03. The van der Waals surface area contributed by atoms with Crippen LogP contribution in [-0.2, 0) is 17.8 Å². The summed E-state index contributed by atoms with van der Waals surface area (Å²) in [6.45, 7) is 2.25. The maximum atomic E-state index is 14.1. The van der Waals surface area contributed by atoms with Crippen LogP contribution in [0.4, 0.5) is 10.2 Å². The van der Waals surface area contributed by atoms with Gasteiger partial charge in [0, 0.05) is 30.8 Å². The molecule has 2 N–H and O–H groups in total. The van der Waals surface area contributed by atoms with Crippen molar-refractivity contribution >= 4 is 17.7 Å². The van der Waals surface area contributed by atoms with Gasteiger partial charge in [0.25, 0.3) is 5.67 Å². The number of rotatable bonds is 2. The van der Waals surface area contributed by atoms with Gasteiger partial charge in [-0.25, -0.2) is 9.18 Å². The molecule has 0 aliphatic carbocycles. The van der Waals surface area contributed by atoms with Crippen molar-refractivity contribution in [3.8, 4) is 0 Å². The molecule has 18 heavy (non-hydrogen) atoms. The number of aliphatic carboxylic acids is 1. The number of aliphatic hydroxyl groups is 1.